The number of hydrogen-bond donors (Lipinski definition) is 0. The van der Waals surface area contributed by atoms with Gasteiger partial charge in [-0.15, -0.1) is 0 Å². The van der Waals surface area contributed by atoms with Crippen LogP contribution in [0.4, 0.5) is 0 Å². The molecule has 0 aliphatic heterocycles. The molecule has 0 fully saturated rings. The zero-order chi connectivity index (χ0) is 29.8. The van der Waals surface area contributed by atoms with Crippen LogP contribution in [0, 0.1) is 5.41 Å². The van der Waals surface area contributed by atoms with E-state index in [-0.39, 0.29) is 41.1 Å². The van der Waals surface area contributed by atoms with Crippen molar-refractivity contribution in [2.75, 3.05) is 0 Å². The zero-order valence-corrected chi connectivity index (χ0v) is 31.6. The minimum atomic E-state index is -2.48. The van der Waals surface area contributed by atoms with Crippen LogP contribution in [-0.2, 0) is 32.1 Å². The smallest absolute Gasteiger partial charge is 1.00 e. The Morgan fingerprint density at radius 3 is 1.68 bits per heavy atom. The molecule has 0 heterocycles. The molecule has 4 aliphatic carbocycles. The molecule has 0 bridgehead atoms. The van der Waals surface area contributed by atoms with Crippen LogP contribution in [-0.4, -0.2) is 3.71 Å². The van der Waals surface area contributed by atoms with Crippen molar-refractivity contribution in [2.24, 2.45) is 5.41 Å². The number of benzene rings is 3. The Kier molecular flexibility index (Phi) is 8.58. The van der Waals surface area contributed by atoms with E-state index < -0.39 is 21.3 Å². The molecule has 3 heteroatoms. The molecule has 0 spiro atoms. The summed E-state index contributed by atoms with van der Waals surface area (Å²) < 4.78 is 4.97. The number of fused-ring (bicyclic) bond motifs is 5. The summed E-state index contributed by atoms with van der Waals surface area (Å²) in [5.74, 6) is 0. The molecule has 0 atom stereocenters. The fourth-order valence-corrected chi connectivity index (χ4v) is 15.7. The summed E-state index contributed by atoms with van der Waals surface area (Å²) in [5, 5.41) is 0. The van der Waals surface area contributed by atoms with E-state index >= 15 is 0 Å². The van der Waals surface area contributed by atoms with Crippen LogP contribution >= 0.6 is 0 Å². The van der Waals surface area contributed by atoms with Crippen molar-refractivity contribution < 1.29 is 46.1 Å². The van der Waals surface area contributed by atoms with Gasteiger partial charge in [-0.3, -0.25) is 0 Å². The second kappa shape index (κ2) is 11.3. The third-order valence-corrected chi connectivity index (χ3v) is 17.5. The number of hydrogen-bond acceptors (Lipinski definition) is 0. The Labute approximate surface area is 285 Å². The van der Waals surface area contributed by atoms with Crippen LogP contribution in [0.15, 0.2) is 87.8 Å². The molecule has 0 radical (unpaired) electrons. The fraction of sp³-hybridized carbons (Fsp3) is 0.341. The molecule has 0 nitrogen and oxygen atoms in total. The van der Waals surface area contributed by atoms with Crippen molar-refractivity contribution in [3.05, 3.63) is 127 Å². The third kappa shape index (κ3) is 5.30. The van der Waals surface area contributed by atoms with Gasteiger partial charge in [0, 0.05) is 0 Å². The molecule has 0 N–H and O–H groups in total. The van der Waals surface area contributed by atoms with Crippen molar-refractivity contribution in [2.45, 2.75) is 83.2 Å². The first-order valence-electron chi connectivity index (χ1n) is 15.7. The van der Waals surface area contributed by atoms with Gasteiger partial charge in [0.05, 0.1) is 0 Å². The molecule has 0 saturated carbocycles. The quantitative estimate of drug-likeness (QED) is 0.366. The maximum atomic E-state index is 2.76. The van der Waals surface area contributed by atoms with Gasteiger partial charge < -0.3 is 24.8 Å². The maximum absolute atomic E-state index is 2.76. The molecule has 0 saturated heterocycles. The van der Waals surface area contributed by atoms with Gasteiger partial charge in [0.2, 0.25) is 0 Å². The van der Waals surface area contributed by atoms with E-state index in [1.54, 1.807) is 14.4 Å². The number of allylic oxidation sites excluding steroid dienone is 8. The van der Waals surface area contributed by atoms with E-state index in [1.807, 2.05) is 0 Å². The van der Waals surface area contributed by atoms with Crippen LogP contribution < -0.4 is 24.8 Å². The molecular weight excluding hydrogens is 655 g/mol. The van der Waals surface area contributed by atoms with E-state index in [0.717, 1.165) is 6.42 Å². The summed E-state index contributed by atoms with van der Waals surface area (Å²) in [5.41, 5.74) is 18.2. The summed E-state index contributed by atoms with van der Waals surface area (Å²) in [4.78, 5) is 0. The third-order valence-electron chi connectivity index (χ3n) is 10.2. The summed E-state index contributed by atoms with van der Waals surface area (Å²) in [7, 11) is 0. The van der Waals surface area contributed by atoms with Gasteiger partial charge in [0.25, 0.3) is 0 Å². The first-order chi connectivity index (χ1) is 19.7. The summed E-state index contributed by atoms with van der Waals surface area (Å²) in [6, 6.07) is 21.6. The Balaban J connectivity index is 0.00000192. The minimum absolute atomic E-state index is 0. The Morgan fingerprint density at radius 1 is 0.727 bits per heavy atom. The van der Waals surface area contributed by atoms with E-state index in [1.165, 1.54) is 55.7 Å². The summed E-state index contributed by atoms with van der Waals surface area (Å²) >= 11 is -2.48. The molecule has 0 aromatic heterocycles. The number of halogens is 2. The summed E-state index contributed by atoms with van der Waals surface area (Å²) in [6.07, 6.45) is 11.2. The molecule has 44 heavy (non-hydrogen) atoms. The number of rotatable bonds is 3. The van der Waals surface area contributed by atoms with Crippen molar-refractivity contribution in [1.29, 1.82) is 0 Å². The first-order valence-corrected chi connectivity index (χ1v) is 19.8. The standard InChI is InChI=1S/C25H25.C9H13.C7H6.2ClH.Zr/c1-14-12-24(3,4)22-8-16-7-17-9-23-19(15(2)13-25(23,5)6)11-21(17)20(16)10-18(14)22;1-9(2,3)8-6-4-5-7-8;1-7-5-3-2-4-6-7;;;/h7-13H,1-6H3;6-7H,4H2,1-3H3;1-6H;2*1H;/q;;;;;+2/p-2. The molecule has 0 amide bonds. The van der Waals surface area contributed by atoms with Gasteiger partial charge >= 0.3 is 263 Å². The van der Waals surface area contributed by atoms with Crippen LogP contribution in [0.5, 0.6) is 0 Å². The fourth-order valence-electron chi connectivity index (χ4n) is 8.13. The normalized spacial score (nSPS) is 18.7. The average molecular weight is 699 g/mol. The molecule has 7 rings (SSSR count). The Hall–Kier alpha value is -2.05. The molecule has 226 valence electrons. The minimum Gasteiger partial charge on any atom is -1.00 e. The monoisotopic (exact) mass is 696 g/mol. The van der Waals surface area contributed by atoms with Crippen molar-refractivity contribution >= 4 is 14.9 Å². The van der Waals surface area contributed by atoms with Gasteiger partial charge in [-0.25, -0.2) is 0 Å². The predicted octanol–water partition coefficient (Wildman–Crippen LogP) is 4.88. The predicted molar refractivity (Wildman–Crippen MR) is 179 cm³/mol. The molecule has 3 aromatic carbocycles. The van der Waals surface area contributed by atoms with E-state index in [2.05, 4.69) is 145 Å². The Bertz CT molecular complexity index is 1750. The van der Waals surface area contributed by atoms with Gasteiger partial charge in [0.1, 0.15) is 0 Å². The van der Waals surface area contributed by atoms with Gasteiger partial charge in [-0.05, 0) is 0 Å². The Morgan fingerprint density at radius 2 is 1.23 bits per heavy atom. The van der Waals surface area contributed by atoms with Crippen molar-refractivity contribution in [3.63, 3.8) is 0 Å². The maximum Gasteiger partial charge on any atom is -1.00 e. The van der Waals surface area contributed by atoms with Gasteiger partial charge in [-0.1, -0.05) is 0 Å². The van der Waals surface area contributed by atoms with E-state index in [9.17, 15) is 0 Å². The molecular formula is C41H44Cl2Zr. The van der Waals surface area contributed by atoms with E-state index in [0.29, 0.717) is 3.63 Å². The van der Waals surface area contributed by atoms with Crippen molar-refractivity contribution in [3.8, 4) is 11.1 Å². The first kappa shape index (κ1) is 33.3. The molecule has 3 aromatic rings. The zero-order valence-electron chi connectivity index (χ0n) is 27.6. The molecule has 0 unspecified atom stereocenters. The van der Waals surface area contributed by atoms with Crippen LogP contribution in [0.1, 0.15) is 111 Å². The van der Waals surface area contributed by atoms with E-state index in [4.69, 9.17) is 0 Å². The largest absolute Gasteiger partial charge is 1.00 e. The van der Waals surface area contributed by atoms with Crippen LogP contribution in [0.2, 0.25) is 0 Å². The SMILES string of the molecule is CC1=CC(C)(C)c2cc3c(cc21)-c1cc2c(cc1[CH]3/[Zr+2](=[CH]/c1ccccc1)[C]1=CC(C(C)(C)C)=CC1)C(C)(C)C=C2C.[Cl-].[Cl-]. The van der Waals surface area contributed by atoms with Gasteiger partial charge in [0.15, 0.2) is 0 Å². The average Bonchev–Trinajstić information content (AvgIpc) is 3.63. The van der Waals surface area contributed by atoms with Gasteiger partial charge in [-0.2, -0.15) is 0 Å². The topological polar surface area (TPSA) is 0 Å². The van der Waals surface area contributed by atoms with Crippen LogP contribution in [0.25, 0.3) is 22.3 Å². The van der Waals surface area contributed by atoms with Crippen molar-refractivity contribution in [1.82, 2.24) is 0 Å². The molecule has 4 aliphatic rings. The summed E-state index contributed by atoms with van der Waals surface area (Å²) in [6.45, 7) is 21.3. The second-order valence-electron chi connectivity index (χ2n) is 15.3. The second-order valence-corrected chi connectivity index (χ2v) is 21.2. The van der Waals surface area contributed by atoms with Crippen LogP contribution in [0.3, 0.4) is 0 Å².